The van der Waals surface area contributed by atoms with E-state index in [1.807, 2.05) is 54.7 Å². The molecule has 0 bridgehead atoms. The van der Waals surface area contributed by atoms with E-state index >= 15 is 0 Å². The molecule has 0 saturated heterocycles. The number of carbonyl (C=O) groups excluding carboxylic acids is 1. The summed E-state index contributed by atoms with van der Waals surface area (Å²) in [6, 6.07) is 17.1. The molecule has 1 heterocycles. The molecule has 2 aromatic carbocycles. The van der Waals surface area contributed by atoms with Crippen LogP contribution in [0.15, 0.2) is 60.8 Å². The maximum Gasteiger partial charge on any atom is 0.338 e. The van der Waals surface area contributed by atoms with Crippen molar-refractivity contribution in [3.8, 4) is 0 Å². The van der Waals surface area contributed by atoms with E-state index in [0.717, 1.165) is 16.5 Å². The van der Waals surface area contributed by atoms with Crippen LogP contribution in [0.1, 0.15) is 36.2 Å². The molecule has 0 unspecified atom stereocenters. The molecular formula is C19H21NO2. The number of nitrogens with one attached hydrogen (secondary N) is 1. The van der Waals surface area contributed by atoms with Crippen LogP contribution in [0.4, 0.5) is 0 Å². The predicted molar refractivity (Wildman–Crippen MR) is 89.8 cm³/mol. The molecule has 22 heavy (non-hydrogen) atoms. The van der Waals surface area contributed by atoms with Crippen LogP contribution < -0.4 is 0 Å². The van der Waals surface area contributed by atoms with Gasteiger partial charge in [-0.25, -0.2) is 4.79 Å². The van der Waals surface area contributed by atoms with Crippen molar-refractivity contribution in [2.45, 2.75) is 26.9 Å². The Morgan fingerprint density at radius 1 is 1.05 bits per heavy atom. The van der Waals surface area contributed by atoms with Crippen molar-refractivity contribution >= 4 is 16.9 Å². The highest BCUT2D eigenvalue weighted by molar-refractivity contribution is 5.94. The smallest absolute Gasteiger partial charge is 0.338 e. The molecule has 114 valence electrons. The van der Waals surface area contributed by atoms with Gasteiger partial charge in [0.2, 0.25) is 0 Å². The van der Waals surface area contributed by atoms with Crippen molar-refractivity contribution in [3.63, 3.8) is 0 Å². The topological polar surface area (TPSA) is 42.1 Å². The zero-order chi connectivity index (χ0) is 15.8. The van der Waals surface area contributed by atoms with Gasteiger partial charge in [0.25, 0.3) is 0 Å². The number of hydrogen-bond acceptors (Lipinski definition) is 2. The lowest BCUT2D eigenvalue weighted by atomic mass is 10.1. The quantitative estimate of drug-likeness (QED) is 0.695. The first-order valence-corrected chi connectivity index (χ1v) is 7.52. The zero-order valence-corrected chi connectivity index (χ0v) is 13.0. The summed E-state index contributed by atoms with van der Waals surface area (Å²) in [5.41, 5.74) is 2.57. The molecule has 3 aromatic rings. The molecule has 3 rings (SSSR count). The molecular weight excluding hydrogens is 274 g/mol. The van der Waals surface area contributed by atoms with Gasteiger partial charge in [-0.3, -0.25) is 0 Å². The average Bonchev–Trinajstić information content (AvgIpc) is 3.02. The van der Waals surface area contributed by atoms with E-state index < -0.39 is 0 Å². The Morgan fingerprint density at radius 2 is 1.77 bits per heavy atom. The van der Waals surface area contributed by atoms with E-state index in [9.17, 15) is 4.79 Å². The second-order valence-corrected chi connectivity index (χ2v) is 5.05. The van der Waals surface area contributed by atoms with Crippen molar-refractivity contribution in [2.24, 2.45) is 0 Å². The number of aromatic nitrogens is 1. The van der Waals surface area contributed by atoms with Crippen LogP contribution in [-0.2, 0) is 11.3 Å². The first-order chi connectivity index (χ1) is 10.7. The Bertz CT molecular complexity index is 716. The molecule has 3 heteroatoms. The van der Waals surface area contributed by atoms with Gasteiger partial charge in [-0.15, -0.1) is 0 Å². The summed E-state index contributed by atoms with van der Waals surface area (Å²) in [5, 5.41) is 1.01. The number of rotatable bonds is 3. The van der Waals surface area contributed by atoms with Crippen molar-refractivity contribution in [1.82, 2.24) is 4.98 Å². The molecule has 0 spiro atoms. The third-order valence-electron chi connectivity index (χ3n) is 3.00. The summed E-state index contributed by atoms with van der Waals surface area (Å²) >= 11 is 0. The molecule has 0 radical (unpaired) electrons. The third-order valence-corrected chi connectivity index (χ3v) is 3.00. The number of aromatic amines is 1. The van der Waals surface area contributed by atoms with Gasteiger partial charge in [0, 0.05) is 17.1 Å². The average molecular weight is 295 g/mol. The fraction of sp³-hybridized carbons (Fsp3) is 0.211. The van der Waals surface area contributed by atoms with Crippen molar-refractivity contribution in [2.75, 3.05) is 0 Å². The summed E-state index contributed by atoms with van der Waals surface area (Å²) in [6.45, 7) is 4.55. The second kappa shape index (κ2) is 8.03. The first-order valence-electron chi connectivity index (χ1n) is 7.52. The first kappa shape index (κ1) is 15.8. The van der Waals surface area contributed by atoms with E-state index in [2.05, 4.69) is 18.8 Å². The number of ether oxygens (including phenoxy) is 1. The van der Waals surface area contributed by atoms with E-state index in [-0.39, 0.29) is 5.97 Å². The van der Waals surface area contributed by atoms with Gasteiger partial charge in [0.05, 0.1) is 5.56 Å². The molecule has 0 aliphatic rings. The largest absolute Gasteiger partial charge is 0.457 e. The van der Waals surface area contributed by atoms with Gasteiger partial charge in [0.1, 0.15) is 6.61 Å². The van der Waals surface area contributed by atoms with Crippen LogP contribution in [0.5, 0.6) is 0 Å². The number of fused-ring (bicyclic) bond motifs is 1. The van der Waals surface area contributed by atoms with Crippen LogP contribution in [0.25, 0.3) is 10.9 Å². The van der Waals surface area contributed by atoms with E-state index in [4.69, 9.17) is 4.74 Å². The summed E-state index contributed by atoms with van der Waals surface area (Å²) in [7, 11) is 0. The zero-order valence-electron chi connectivity index (χ0n) is 13.0. The van der Waals surface area contributed by atoms with Crippen LogP contribution in [0, 0.1) is 0 Å². The number of esters is 1. The van der Waals surface area contributed by atoms with Gasteiger partial charge in [-0.05, 0) is 29.8 Å². The molecule has 0 atom stereocenters. The highest BCUT2D eigenvalue weighted by Crippen LogP contribution is 2.15. The Kier molecular flexibility index (Phi) is 5.78. The van der Waals surface area contributed by atoms with Crippen molar-refractivity contribution in [1.29, 1.82) is 0 Å². The normalized spacial score (nSPS) is 9.91. The Labute approximate surface area is 130 Å². The molecule has 1 aromatic heterocycles. The lowest BCUT2D eigenvalue weighted by Gasteiger charge is -2.05. The highest BCUT2D eigenvalue weighted by Gasteiger charge is 2.08. The number of hydrogen-bond donors (Lipinski definition) is 1. The SMILES string of the molecule is CCC.O=C(OCc1ccccc1)c1ccc2[nH]ccc2c1. The summed E-state index contributed by atoms with van der Waals surface area (Å²) in [5.74, 6) is -0.299. The molecule has 0 aliphatic carbocycles. The third kappa shape index (κ3) is 4.22. The molecule has 1 N–H and O–H groups in total. The van der Waals surface area contributed by atoms with Gasteiger partial charge >= 0.3 is 5.97 Å². The fourth-order valence-electron chi connectivity index (χ4n) is 1.99. The summed E-state index contributed by atoms with van der Waals surface area (Å²) in [4.78, 5) is 15.0. The van der Waals surface area contributed by atoms with E-state index in [0.29, 0.717) is 12.2 Å². The van der Waals surface area contributed by atoms with Crippen LogP contribution >= 0.6 is 0 Å². The Balaban J connectivity index is 0.000000545. The minimum Gasteiger partial charge on any atom is -0.457 e. The second-order valence-electron chi connectivity index (χ2n) is 5.05. The highest BCUT2D eigenvalue weighted by atomic mass is 16.5. The lowest BCUT2D eigenvalue weighted by molar-refractivity contribution is 0.0473. The van der Waals surface area contributed by atoms with Crippen LogP contribution in [0.2, 0.25) is 0 Å². The van der Waals surface area contributed by atoms with Crippen molar-refractivity contribution in [3.05, 3.63) is 71.9 Å². The van der Waals surface area contributed by atoms with Gasteiger partial charge in [-0.1, -0.05) is 50.6 Å². The Hall–Kier alpha value is -2.55. The van der Waals surface area contributed by atoms with Crippen LogP contribution in [0.3, 0.4) is 0 Å². The standard InChI is InChI=1S/C16H13NO2.C3H8/c18-16(19-11-12-4-2-1-3-5-12)14-6-7-15-13(10-14)8-9-17-15;1-3-2/h1-10,17H,11H2;3H2,1-2H3. The summed E-state index contributed by atoms with van der Waals surface area (Å²) < 4.78 is 5.29. The molecule has 0 fully saturated rings. The maximum atomic E-state index is 12.0. The maximum absolute atomic E-state index is 12.0. The summed E-state index contributed by atoms with van der Waals surface area (Å²) in [6.07, 6.45) is 3.10. The number of carbonyl (C=O) groups is 1. The van der Waals surface area contributed by atoms with Gasteiger partial charge in [0.15, 0.2) is 0 Å². The predicted octanol–water partition coefficient (Wildman–Crippen LogP) is 4.94. The minimum atomic E-state index is -0.299. The van der Waals surface area contributed by atoms with E-state index in [1.54, 1.807) is 6.07 Å². The Morgan fingerprint density at radius 3 is 2.50 bits per heavy atom. The monoisotopic (exact) mass is 295 g/mol. The molecule has 0 amide bonds. The number of benzene rings is 2. The minimum absolute atomic E-state index is 0.296. The van der Waals surface area contributed by atoms with Gasteiger partial charge in [-0.2, -0.15) is 0 Å². The van der Waals surface area contributed by atoms with Crippen LogP contribution in [-0.4, -0.2) is 11.0 Å². The van der Waals surface area contributed by atoms with Crippen molar-refractivity contribution < 1.29 is 9.53 Å². The van der Waals surface area contributed by atoms with Gasteiger partial charge < -0.3 is 9.72 Å². The molecule has 0 aliphatic heterocycles. The molecule has 0 saturated carbocycles. The lowest BCUT2D eigenvalue weighted by Crippen LogP contribution is -2.04. The van der Waals surface area contributed by atoms with E-state index in [1.165, 1.54) is 6.42 Å². The number of H-pyrrole nitrogens is 1. The molecule has 3 nitrogen and oxygen atoms in total. The fourth-order valence-corrected chi connectivity index (χ4v) is 1.99.